The van der Waals surface area contributed by atoms with Crippen molar-refractivity contribution in [2.24, 2.45) is 0 Å². The lowest BCUT2D eigenvalue weighted by Gasteiger charge is -2.34. The van der Waals surface area contributed by atoms with Gasteiger partial charge in [0.2, 0.25) is 0 Å². The van der Waals surface area contributed by atoms with Gasteiger partial charge < -0.3 is 15.5 Å². The summed E-state index contributed by atoms with van der Waals surface area (Å²) in [6.07, 6.45) is 3.59. The van der Waals surface area contributed by atoms with Gasteiger partial charge in [0.15, 0.2) is 5.65 Å². The molecule has 1 saturated heterocycles. The summed E-state index contributed by atoms with van der Waals surface area (Å²) in [5.74, 6) is 0.522. The number of nitrogen functional groups attached to an aromatic ring is 1. The number of nitrogens with zero attached hydrogens (tertiary/aromatic N) is 5. The standard InChI is InChI=1S/C23H23ClN6/c1-28-10-12-29(13-11-28)17-8-6-16(7-9-17)19-15-27-30-22(25)20(14-26-23(19)30)18-4-2-3-5-21(18)24/h2-9,14-15H,10-13,25H2,1H3. The highest BCUT2D eigenvalue weighted by Crippen LogP contribution is 2.33. The third-order valence-corrected chi connectivity index (χ3v) is 6.10. The fraction of sp³-hybridized carbons (Fsp3) is 0.217. The molecule has 0 amide bonds. The molecule has 0 unspecified atom stereocenters. The number of likely N-dealkylation sites (N-methyl/N-ethyl adjacent to an activating group) is 1. The number of nitrogens with two attached hydrogens (primary N) is 1. The van der Waals surface area contributed by atoms with Crippen LogP contribution in [0.25, 0.3) is 27.9 Å². The van der Waals surface area contributed by atoms with Crippen molar-refractivity contribution in [1.29, 1.82) is 0 Å². The topological polar surface area (TPSA) is 62.7 Å². The van der Waals surface area contributed by atoms with Crippen LogP contribution >= 0.6 is 11.6 Å². The Morgan fingerprint density at radius 1 is 0.867 bits per heavy atom. The van der Waals surface area contributed by atoms with Gasteiger partial charge in [-0.1, -0.05) is 41.9 Å². The molecule has 0 aliphatic carbocycles. The molecule has 30 heavy (non-hydrogen) atoms. The van der Waals surface area contributed by atoms with Gasteiger partial charge in [-0.25, -0.2) is 4.98 Å². The first-order valence-electron chi connectivity index (χ1n) is 10.0. The van der Waals surface area contributed by atoms with Gasteiger partial charge >= 0.3 is 0 Å². The lowest BCUT2D eigenvalue weighted by Crippen LogP contribution is -2.44. The van der Waals surface area contributed by atoms with Gasteiger partial charge in [-0.2, -0.15) is 9.61 Å². The van der Waals surface area contributed by atoms with E-state index in [2.05, 4.69) is 51.2 Å². The van der Waals surface area contributed by atoms with E-state index in [1.54, 1.807) is 10.7 Å². The van der Waals surface area contributed by atoms with Crippen molar-refractivity contribution in [3.05, 3.63) is 65.9 Å². The zero-order chi connectivity index (χ0) is 20.7. The van der Waals surface area contributed by atoms with Crippen LogP contribution in [0.2, 0.25) is 5.02 Å². The van der Waals surface area contributed by atoms with Crippen LogP contribution in [0.3, 0.4) is 0 Å². The van der Waals surface area contributed by atoms with Crippen LogP contribution in [0, 0.1) is 0 Å². The van der Waals surface area contributed by atoms with Gasteiger partial charge in [-0.15, -0.1) is 0 Å². The number of aromatic nitrogens is 3. The highest BCUT2D eigenvalue weighted by molar-refractivity contribution is 6.33. The summed E-state index contributed by atoms with van der Waals surface area (Å²) in [5, 5.41) is 5.14. The quantitative estimate of drug-likeness (QED) is 0.543. The summed E-state index contributed by atoms with van der Waals surface area (Å²) in [4.78, 5) is 9.44. The Hall–Kier alpha value is -3.09. The van der Waals surface area contributed by atoms with Crippen molar-refractivity contribution in [2.75, 3.05) is 43.9 Å². The summed E-state index contributed by atoms with van der Waals surface area (Å²) in [6, 6.07) is 16.2. The molecule has 2 aromatic carbocycles. The molecule has 1 aliphatic rings. The highest BCUT2D eigenvalue weighted by Gasteiger charge is 2.17. The minimum Gasteiger partial charge on any atom is -0.383 e. The van der Waals surface area contributed by atoms with Crippen LogP contribution in [0.4, 0.5) is 11.5 Å². The molecule has 0 spiro atoms. The van der Waals surface area contributed by atoms with E-state index in [0.29, 0.717) is 10.8 Å². The molecule has 6 nitrogen and oxygen atoms in total. The Morgan fingerprint density at radius 3 is 2.33 bits per heavy atom. The molecule has 1 aliphatic heterocycles. The van der Waals surface area contributed by atoms with E-state index in [4.69, 9.17) is 17.3 Å². The second-order valence-corrected chi connectivity index (χ2v) is 8.08. The normalized spacial score (nSPS) is 15.1. The maximum absolute atomic E-state index is 6.44. The second-order valence-electron chi connectivity index (χ2n) is 7.67. The van der Waals surface area contributed by atoms with Crippen molar-refractivity contribution in [3.63, 3.8) is 0 Å². The number of piperazine rings is 1. The van der Waals surface area contributed by atoms with Crippen molar-refractivity contribution in [2.45, 2.75) is 0 Å². The van der Waals surface area contributed by atoms with E-state index in [9.17, 15) is 0 Å². The molecule has 4 aromatic rings. The fourth-order valence-electron chi connectivity index (χ4n) is 3.96. The third kappa shape index (κ3) is 3.28. The summed E-state index contributed by atoms with van der Waals surface area (Å²) < 4.78 is 1.68. The first-order chi connectivity index (χ1) is 14.6. The smallest absolute Gasteiger partial charge is 0.165 e. The zero-order valence-electron chi connectivity index (χ0n) is 16.8. The number of anilines is 2. The Kier molecular flexibility index (Phi) is 4.81. The molecule has 7 heteroatoms. The molecular formula is C23H23ClN6. The minimum absolute atomic E-state index is 0.522. The third-order valence-electron chi connectivity index (χ3n) is 5.77. The van der Waals surface area contributed by atoms with E-state index >= 15 is 0 Å². The molecule has 0 bridgehead atoms. The van der Waals surface area contributed by atoms with E-state index in [-0.39, 0.29) is 0 Å². The average molecular weight is 419 g/mol. The lowest BCUT2D eigenvalue weighted by molar-refractivity contribution is 0.313. The number of halogens is 1. The number of rotatable bonds is 3. The van der Waals surface area contributed by atoms with Gasteiger partial charge in [0.25, 0.3) is 0 Å². The molecule has 0 atom stereocenters. The molecule has 152 valence electrons. The van der Waals surface area contributed by atoms with Crippen molar-refractivity contribution in [3.8, 4) is 22.3 Å². The number of benzene rings is 2. The fourth-order valence-corrected chi connectivity index (χ4v) is 4.19. The Balaban J connectivity index is 1.48. The molecule has 1 fully saturated rings. The van der Waals surface area contributed by atoms with Crippen molar-refractivity contribution in [1.82, 2.24) is 19.5 Å². The summed E-state index contributed by atoms with van der Waals surface area (Å²) in [5.41, 5.74) is 12.1. The highest BCUT2D eigenvalue weighted by atomic mass is 35.5. The monoisotopic (exact) mass is 418 g/mol. The van der Waals surface area contributed by atoms with Crippen molar-refractivity contribution < 1.29 is 0 Å². The van der Waals surface area contributed by atoms with Crippen LogP contribution < -0.4 is 10.6 Å². The SMILES string of the molecule is CN1CCN(c2ccc(-c3cnn4c(N)c(-c5ccccc5Cl)cnc34)cc2)CC1. The van der Waals surface area contributed by atoms with Gasteiger partial charge in [0.1, 0.15) is 5.82 Å². The molecule has 2 N–H and O–H groups in total. The molecule has 5 rings (SSSR count). The maximum atomic E-state index is 6.44. The van der Waals surface area contributed by atoms with E-state index in [1.165, 1.54) is 5.69 Å². The summed E-state index contributed by atoms with van der Waals surface area (Å²) in [6.45, 7) is 4.28. The number of hydrogen-bond donors (Lipinski definition) is 1. The average Bonchev–Trinajstić information content (AvgIpc) is 3.21. The van der Waals surface area contributed by atoms with E-state index < -0.39 is 0 Å². The van der Waals surface area contributed by atoms with Gasteiger partial charge in [-0.05, 0) is 30.8 Å². The number of fused-ring (bicyclic) bond motifs is 1. The molecule has 0 saturated carbocycles. The lowest BCUT2D eigenvalue weighted by atomic mass is 10.1. The van der Waals surface area contributed by atoms with Crippen LogP contribution in [-0.2, 0) is 0 Å². The number of hydrogen-bond acceptors (Lipinski definition) is 5. The Morgan fingerprint density at radius 2 is 1.60 bits per heavy atom. The minimum atomic E-state index is 0.522. The molecule has 0 radical (unpaired) electrons. The van der Waals surface area contributed by atoms with Gasteiger partial charge in [0, 0.05) is 59.8 Å². The summed E-state index contributed by atoms with van der Waals surface area (Å²) >= 11 is 6.35. The van der Waals surface area contributed by atoms with Gasteiger partial charge in [0.05, 0.1) is 6.20 Å². The predicted molar refractivity (Wildman–Crippen MR) is 123 cm³/mol. The maximum Gasteiger partial charge on any atom is 0.165 e. The van der Waals surface area contributed by atoms with Crippen LogP contribution in [0.15, 0.2) is 60.9 Å². The largest absolute Gasteiger partial charge is 0.383 e. The summed E-state index contributed by atoms with van der Waals surface area (Å²) in [7, 11) is 2.17. The predicted octanol–water partition coefficient (Wildman–Crippen LogP) is 4.05. The van der Waals surface area contributed by atoms with Crippen molar-refractivity contribution >= 4 is 28.8 Å². The van der Waals surface area contributed by atoms with Crippen LogP contribution in [-0.4, -0.2) is 52.7 Å². The Bertz CT molecular complexity index is 1190. The molecule has 2 aromatic heterocycles. The van der Waals surface area contributed by atoms with E-state index in [1.807, 2.05) is 30.5 Å². The molecular weight excluding hydrogens is 396 g/mol. The van der Waals surface area contributed by atoms with Gasteiger partial charge in [-0.3, -0.25) is 0 Å². The van der Waals surface area contributed by atoms with E-state index in [0.717, 1.165) is 54.1 Å². The first-order valence-corrected chi connectivity index (χ1v) is 10.4. The van der Waals surface area contributed by atoms with Crippen LogP contribution in [0.5, 0.6) is 0 Å². The van der Waals surface area contributed by atoms with Crippen LogP contribution in [0.1, 0.15) is 0 Å². The molecule has 3 heterocycles. The first kappa shape index (κ1) is 18.9. The Labute approximate surface area is 180 Å². The second kappa shape index (κ2) is 7.63. The zero-order valence-corrected chi connectivity index (χ0v) is 17.5.